The Hall–Kier alpha value is -0.640. The van der Waals surface area contributed by atoms with E-state index in [9.17, 15) is 4.79 Å². The van der Waals surface area contributed by atoms with Crippen molar-refractivity contribution in [1.29, 1.82) is 0 Å². The number of nitrogens with two attached hydrogens (primary N) is 1. The molecule has 0 heterocycles. The van der Waals surface area contributed by atoms with Gasteiger partial charge in [0.1, 0.15) is 0 Å². The van der Waals surface area contributed by atoms with Gasteiger partial charge in [-0.25, -0.2) is 0 Å². The van der Waals surface area contributed by atoms with Crippen molar-refractivity contribution in [2.75, 3.05) is 0 Å². The van der Waals surface area contributed by atoms with Gasteiger partial charge in [0.15, 0.2) is 0 Å². The third-order valence-electron chi connectivity index (χ3n) is 5.73. The molecule has 19 heavy (non-hydrogen) atoms. The second kappa shape index (κ2) is 4.18. The highest BCUT2D eigenvalue weighted by Crippen LogP contribution is 2.62. The van der Waals surface area contributed by atoms with Gasteiger partial charge in [-0.3, -0.25) is 4.79 Å². The van der Waals surface area contributed by atoms with Crippen molar-refractivity contribution < 1.29 is 4.79 Å². The number of rotatable bonds is 3. The molecule has 0 radical (unpaired) electrons. The van der Waals surface area contributed by atoms with Crippen LogP contribution in [0, 0.1) is 22.2 Å². The minimum Gasteiger partial charge on any atom is -0.392 e. The molecule has 2 fully saturated rings. The molecule has 2 aliphatic carbocycles. The normalized spacial score (nSPS) is 36.3. The number of carbonyl (C=O) groups excluding carboxylic acids is 1. The highest BCUT2D eigenvalue weighted by Gasteiger charge is 2.60. The summed E-state index contributed by atoms with van der Waals surface area (Å²) in [6.07, 6.45) is 3.71. The van der Waals surface area contributed by atoms with E-state index in [0.717, 1.165) is 5.92 Å². The topological polar surface area (TPSA) is 55.1 Å². The first kappa shape index (κ1) is 14.8. The summed E-state index contributed by atoms with van der Waals surface area (Å²) < 4.78 is 0. The van der Waals surface area contributed by atoms with Crippen LogP contribution in [0.25, 0.3) is 0 Å². The van der Waals surface area contributed by atoms with Crippen LogP contribution in [-0.2, 0) is 4.79 Å². The standard InChI is InChI=1S/C15H26N2OS/c1-13(2)9-6-7-15(5,8-9)10(13)17-12(18)14(3,4)11(16)19/h9-10H,6-8H2,1-5H3,(H2,16,19)(H,17,18). The second-order valence-electron chi connectivity index (χ2n) is 7.81. The first-order valence-corrected chi connectivity index (χ1v) is 7.53. The molecule has 3 unspecified atom stereocenters. The van der Waals surface area contributed by atoms with Crippen molar-refractivity contribution in [1.82, 2.24) is 5.32 Å². The number of hydrogen-bond donors (Lipinski definition) is 2. The van der Waals surface area contributed by atoms with Gasteiger partial charge in [0.2, 0.25) is 5.91 Å². The molecule has 3 N–H and O–H groups in total. The van der Waals surface area contributed by atoms with E-state index in [0.29, 0.717) is 0 Å². The second-order valence-corrected chi connectivity index (χ2v) is 8.25. The van der Waals surface area contributed by atoms with Crippen molar-refractivity contribution in [3.8, 4) is 0 Å². The van der Waals surface area contributed by atoms with E-state index in [1.807, 2.05) is 0 Å². The molecule has 0 saturated heterocycles. The molecule has 0 spiro atoms. The molecule has 4 heteroatoms. The summed E-state index contributed by atoms with van der Waals surface area (Å²) in [7, 11) is 0. The van der Waals surface area contributed by atoms with E-state index < -0.39 is 5.41 Å². The number of hydrogen-bond acceptors (Lipinski definition) is 2. The van der Waals surface area contributed by atoms with Crippen LogP contribution in [-0.4, -0.2) is 16.9 Å². The number of nitrogens with one attached hydrogen (secondary N) is 1. The molecule has 2 bridgehead atoms. The summed E-state index contributed by atoms with van der Waals surface area (Å²) in [6.45, 7) is 10.5. The molecule has 2 rings (SSSR count). The molecule has 1 amide bonds. The molecule has 0 aromatic heterocycles. The molecule has 3 atom stereocenters. The van der Waals surface area contributed by atoms with Gasteiger partial charge in [-0.2, -0.15) is 0 Å². The summed E-state index contributed by atoms with van der Waals surface area (Å²) in [6, 6.07) is 0.222. The van der Waals surface area contributed by atoms with Crippen LogP contribution in [0.3, 0.4) is 0 Å². The van der Waals surface area contributed by atoms with Crippen molar-refractivity contribution in [3.63, 3.8) is 0 Å². The zero-order valence-corrected chi connectivity index (χ0v) is 13.5. The van der Waals surface area contributed by atoms with Gasteiger partial charge in [0, 0.05) is 6.04 Å². The van der Waals surface area contributed by atoms with E-state index >= 15 is 0 Å². The van der Waals surface area contributed by atoms with Crippen molar-refractivity contribution in [3.05, 3.63) is 0 Å². The number of fused-ring (bicyclic) bond motifs is 2. The van der Waals surface area contributed by atoms with Gasteiger partial charge in [0.05, 0.1) is 10.4 Å². The van der Waals surface area contributed by atoms with Crippen molar-refractivity contribution in [2.45, 2.75) is 59.9 Å². The molecule has 2 aliphatic rings. The van der Waals surface area contributed by atoms with Crippen LogP contribution in [0.4, 0.5) is 0 Å². The maximum Gasteiger partial charge on any atom is 0.232 e. The monoisotopic (exact) mass is 282 g/mol. The summed E-state index contributed by atoms with van der Waals surface area (Å²) >= 11 is 5.02. The lowest BCUT2D eigenvalue weighted by Crippen LogP contribution is -2.56. The minimum absolute atomic E-state index is 0.0353. The molecular formula is C15H26N2OS. The molecule has 2 saturated carbocycles. The lowest BCUT2D eigenvalue weighted by atomic mass is 9.68. The van der Waals surface area contributed by atoms with Gasteiger partial charge in [0.25, 0.3) is 0 Å². The first-order valence-electron chi connectivity index (χ1n) is 7.13. The van der Waals surface area contributed by atoms with E-state index in [2.05, 4.69) is 26.1 Å². The van der Waals surface area contributed by atoms with E-state index in [4.69, 9.17) is 18.0 Å². The number of carbonyl (C=O) groups is 1. The molecule has 0 aromatic carbocycles. The zero-order chi connectivity index (χ0) is 14.6. The van der Waals surface area contributed by atoms with Gasteiger partial charge in [-0.15, -0.1) is 0 Å². The fraction of sp³-hybridized carbons (Fsp3) is 0.867. The maximum absolute atomic E-state index is 12.5. The van der Waals surface area contributed by atoms with E-state index in [1.165, 1.54) is 19.3 Å². The Morgan fingerprint density at radius 1 is 1.37 bits per heavy atom. The van der Waals surface area contributed by atoms with Crippen LogP contribution in [0.5, 0.6) is 0 Å². The largest absolute Gasteiger partial charge is 0.392 e. The van der Waals surface area contributed by atoms with Crippen LogP contribution >= 0.6 is 12.2 Å². The lowest BCUT2D eigenvalue weighted by Gasteiger charge is -2.44. The fourth-order valence-electron chi connectivity index (χ4n) is 4.09. The average molecular weight is 282 g/mol. The Morgan fingerprint density at radius 2 is 1.95 bits per heavy atom. The van der Waals surface area contributed by atoms with Crippen LogP contribution in [0.1, 0.15) is 53.9 Å². The number of amides is 1. The Balaban J connectivity index is 2.20. The quantitative estimate of drug-likeness (QED) is 0.782. The summed E-state index contributed by atoms with van der Waals surface area (Å²) in [5, 5.41) is 3.26. The third-order valence-corrected chi connectivity index (χ3v) is 6.24. The van der Waals surface area contributed by atoms with Crippen molar-refractivity contribution in [2.24, 2.45) is 27.9 Å². The fourth-order valence-corrected chi connectivity index (χ4v) is 4.18. The Kier molecular flexibility index (Phi) is 3.24. The van der Waals surface area contributed by atoms with Gasteiger partial charge in [-0.05, 0) is 49.9 Å². The van der Waals surface area contributed by atoms with Gasteiger partial charge < -0.3 is 11.1 Å². The van der Waals surface area contributed by atoms with Crippen LogP contribution in [0.2, 0.25) is 0 Å². The van der Waals surface area contributed by atoms with Crippen molar-refractivity contribution >= 4 is 23.1 Å². The highest BCUT2D eigenvalue weighted by molar-refractivity contribution is 7.80. The average Bonchev–Trinajstić information content (AvgIpc) is 2.75. The highest BCUT2D eigenvalue weighted by atomic mass is 32.1. The minimum atomic E-state index is -0.774. The smallest absolute Gasteiger partial charge is 0.232 e. The molecule has 108 valence electrons. The number of thiocarbonyl (C=S) groups is 1. The lowest BCUT2D eigenvalue weighted by molar-refractivity contribution is -0.129. The summed E-state index contributed by atoms with van der Waals surface area (Å²) in [4.78, 5) is 12.8. The van der Waals surface area contributed by atoms with Crippen LogP contribution < -0.4 is 11.1 Å². The van der Waals surface area contributed by atoms with E-state index in [1.54, 1.807) is 13.8 Å². The molecule has 3 nitrogen and oxygen atoms in total. The van der Waals surface area contributed by atoms with E-state index in [-0.39, 0.29) is 27.8 Å². The third kappa shape index (κ3) is 2.08. The molecule has 0 aliphatic heterocycles. The van der Waals surface area contributed by atoms with Gasteiger partial charge >= 0.3 is 0 Å². The maximum atomic E-state index is 12.5. The zero-order valence-electron chi connectivity index (χ0n) is 12.7. The summed E-state index contributed by atoms with van der Waals surface area (Å²) in [5.74, 6) is 0.683. The Morgan fingerprint density at radius 3 is 2.37 bits per heavy atom. The first-order chi connectivity index (χ1) is 8.52. The predicted molar refractivity (Wildman–Crippen MR) is 81.7 cm³/mol. The predicted octanol–water partition coefficient (Wildman–Crippen LogP) is 2.63. The Labute approximate surface area is 121 Å². The van der Waals surface area contributed by atoms with Crippen LogP contribution in [0.15, 0.2) is 0 Å². The molecule has 0 aromatic rings. The SMILES string of the molecule is CC(C)(C(=O)NC1C2(C)CCC(C2)C1(C)C)C(N)=S. The summed E-state index contributed by atoms with van der Waals surface area (Å²) in [5.41, 5.74) is 5.31. The molecular weight excluding hydrogens is 256 g/mol. The Bertz CT molecular complexity index is 425. The van der Waals surface area contributed by atoms with Gasteiger partial charge in [-0.1, -0.05) is 33.0 Å².